The molecule has 2 aromatic rings. The van der Waals surface area contributed by atoms with Crippen LogP contribution in [0.4, 0.5) is 4.39 Å². The molecule has 44 heavy (non-hydrogen) atoms. The lowest BCUT2D eigenvalue weighted by Crippen LogP contribution is -2.67. The van der Waals surface area contributed by atoms with Crippen molar-refractivity contribution in [3.05, 3.63) is 76.1 Å². The Hall–Kier alpha value is -3.07. The molecule has 3 aliphatic rings. The summed E-state index contributed by atoms with van der Waals surface area (Å²) in [4.78, 5) is 12.8. The molecule has 2 heterocycles. The minimum atomic E-state index is -1.49. The Morgan fingerprint density at radius 3 is 2.55 bits per heavy atom. The molecule has 1 amide bonds. The highest BCUT2D eigenvalue weighted by Gasteiger charge is 2.53. The van der Waals surface area contributed by atoms with Gasteiger partial charge in [0.2, 0.25) is 12.2 Å². The van der Waals surface area contributed by atoms with Gasteiger partial charge in [0.15, 0.2) is 11.6 Å². The van der Waals surface area contributed by atoms with Crippen LogP contribution >= 0.6 is 11.6 Å². The first-order chi connectivity index (χ1) is 21.0. The molecule has 11 nitrogen and oxygen atoms in total. The van der Waals surface area contributed by atoms with E-state index in [0.29, 0.717) is 16.3 Å². The molecule has 0 radical (unpaired) electrons. The van der Waals surface area contributed by atoms with Crippen LogP contribution in [0.15, 0.2) is 59.7 Å². The minimum Gasteiger partial charge on any atom is -0.489 e. The van der Waals surface area contributed by atoms with Crippen molar-refractivity contribution >= 4 is 23.6 Å². The fourth-order valence-electron chi connectivity index (χ4n) is 5.44. The van der Waals surface area contributed by atoms with Crippen LogP contribution in [0, 0.1) is 5.82 Å². The maximum Gasteiger partial charge on any atom is 0.247 e. The number of aliphatic hydroxyl groups excluding tert-OH is 4. The summed E-state index contributed by atoms with van der Waals surface area (Å²) in [5, 5.41) is 44.9. The molecule has 0 bridgehead atoms. The van der Waals surface area contributed by atoms with Crippen LogP contribution in [0.5, 0.6) is 11.5 Å². The van der Waals surface area contributed by atoms with Gasteiger partial charge in [-0.2, -0.15) is 0 Å². The van der Waals surface area contributed by atoms with E-state index in [4.69, 9.17) is 35.3 Å². The van der Waals surface area contributed by atoms with E-state index in [1.54, 1.807) is 43.3 Å². The molecule has 238 valence electrons. The summed E-state index contributed by atoms with van der Waals surface area (Å²) in [6, 6.07) is 9.88. The second kappa shape index (κ2) is 13.9. The van der Waals surface area contributed by atoms with Crippen molar-refractivity contribution in [1.29, 1.82) is 0 Å². The van der Waals surface area contributed by atoms with Crippen molar-refractivity contribution in [2.75, 3.05) is 13.4 Å². The van der Waals surface area contributed by atoms with Gasteiger partial charge in [-0.25, -0.2) is 4.39 Å². The van der Waals surface area contributed by atoms with E-state index in [1.165, 1.54) is 25.1 Å². The van der Waals surface area contributed by atoms with Crippen LogP contribution in [0.25, 0.3) is 6.08 Å². The zero-order valence-electron chi connectivity index (χ0n) is 24.0. The third-order valence-electron chi connectivity index (χ3n) is 7.84. The zero-order valence-corrected chi connectivity index (χ0v) is 24.8. The second-order valence-corrected chi connectivity index (χ2v) is 11.4. The molecule has 2 aliphatic heterocycles. The van der Waals surface area contributed by atoms with Gasteiger partial charge in [0, 0.05) is 17.0 Å². The molecule has 1 saturated carbocycles. The average Bonchev–Trinajstić information content (AvgIpc) is 3.62. The first-order valence-corrected chi connectivity index (χ1v) is 14.5. The van der Waals surface area contributed by atoms with Crippen molar-refractivity contribution in [3.8, 4) is 11.5 Å². The molecule has 2 saturated heterocycles. The van der Waals surface area contributed by atoms with Gasteiger partial charge in [-0.1, -0.05) is 23.7 Å². The summed E-state index contributed by atoms with van der Waals surface area (Å²) in [5.74, 6) is -0.834. The van der Waals surface area contributed by atoms with Gasteiger partial charge in [-0.05, 0) is 67.5 Å². The lowest BCUT2D eigenvalue weighted by Gasteiger charge is -2.41. The standard InChI is InChI=1S/C31H35ClFNO10/c1-15(8-9-40-19-5-3-4-18(32)12-19)28-21(35)13-23(44-28)43-22-7-6-17(11-20(22)33)10-16(2)31(39)34-24-25(36)27(38)30-29(26(24)37)41-14-42-30/h3-8,10-12,21,23-30,35-38H,9,13-14H2,1-2H3,(H,34,39)/b15-8-,16-10+/t21-,23+,24+,25-,26+,27+,28+,29-,30+/m0/s1. The predicted octanol–water partition coefficient (Wildman–Crippen LogP) is 2.09. The molecule has 5 rings (SSSR count). The quantitative estimate of drug-likeness (QED) is 0.204. The summed E-state index contributed by atoms with van der Waals surface area (Å²) in [5.41, 5.74) is 1.24. The number of benzene rings is 2. The number of hydrogen-bond acceptors (Lipinski definition) is 10. The minimum absolute atomic E-state index is 0.0937. The number of aliphatic hydroxyl groups is 4. The number of hydrogen-bond donors (Lipinski definition) is 5. The fraction of sp³-hybridized carbons (Fsp3) is 0.452. The number of halogens is 2. The number of fused-ring (bicyclic) bond motifs is 1. The zero-order chi connectivity index (χ0) is 31.5. The van der Waals surface area contributed by atoms with Gasteiger partial charge >= 0.3 is 0 Å². The molecule has 5 N–H and O–H groups in total. The van der Waals surface area contributed by atoms with E-state index in [-0.39, 0.29) is 31.1 Å². The monoisotopic (exact) mass is 635 g/mol. The van der Waals surface area contributed by atoms with E-state index in [2.05, 4.69) is 5.32 Å². The molecule has 9 atom stereocenters. The first kappa shape index (κ1) is 32.3. The Morgan fingerprint density at radius 2 is 1.82 bits per heavy atom. The number of carbonyl (C=O) groups excluding carboxylic acids is 1. The SMILES string of the molecule is C/C(=C/COc1cccc(Cl)c1)[C@H]1O[C@@H](Oc2ccc(/C=C(\C)C(=O)N[C@@H]3[C@H](O)[C@@H](O)[C@H]4OCO[C@H]4[C@@H]3O)cc2F)C[C@@H]1O. The third kappa shape index (κ3) is 7.24. The number of rotatable bonds is 9. The second-order valence-electron chi connectivity index (χ2n) is 11.0. The van der Waals surface area contributed by atoms with Crippen LogP contribution in [0.1, 0.15) is 25.8 Å². The summed E-state index contributed by atoms with van der Waals surface area (Å²) in [7, 11) is 0. The molecule has 2 aromatic carbocycles. The van der Waals surface area contributed by atoms with Gasteiger partial charge < -0.3 is 49.4 Å². The van der Waals surface area contributed by atoms with Crippen molar-refractivity contribution in [1.82, 2.24) is 5.32 Å². The third-order valence-corrected chi connectivity index (χ3v) is 8.07. The van der Waals surface area contributed by atoms with Crippen LogP contribution in [0.3, 0.4) is 0 Å². The van der Waals surface area contributed by atoms with Gasteiger partial charge in [0.1, 0.15) is 55.8 Å². The summed E-state index contributed by atoms with van der Waals surface area (Å²) >= 11 is 5.97. The van der Waals surface area contributed by atoms with Gasteiger partial charge in [-0.15, -0.1) is 0 Å². The van der Waals surface area contributed by atoms with Crippen LogP contribution in [-0.4, -0.2) is 94.8 Å². The predicted molar refractivity (Wildman–Crippen MR) is 155 cm³/mol. The normalized spacial score (nSPS) is 32.3. The smallest absolute Gasteiger partial charge is 0.247 e. The number of carbonyl (C=O) groups is 1. The maximum atomic E-state index is 15.0. The Balaban J connectivity index is 1.15. The van der Waals surface area contributed by atoms with Crippen molar-refractivity contribution in [3.63, 3.8) is 0 Å². The topological polar surface area (TPSA) is 156 Å². The molecule has 1 aliphatic carbocycles. The number of nitrogens with one attached hydrogen (secondary N) is 1. The average molecular weight is 636 g/mol. The van der Waals surface area contributed by atoms with Crippen LogP contribution in [-0.2, 0) is 19.0 Å². The van der Waals surface area contributed by atoms with Crippen LogP contribution in [0.2, 0.25) is 5.02 Å². The highest BCUT2D eigenvalue weighted by Crippen LogP contribution is 2.31. The van der Waals surface area contributed by atoms with E-state index in [0.717, 1.165) is 5.57 Å². The van der Waals surface area contributed by atoms with Crippen molar-refractivity contribution in [2.45, 2.75) is 75.3 Å². The summed E-state index contributed by atoms with van der Waals surface area (Å²) in [6.45, 7) is 3.37. The maximum absolute atomic E-state index is 15.0. The Morgan fingerprint density at radius 1 is 1.07 bits per heavy atom. The highest BCUT2D eigenvalue weighted by atomic mass is 35.5. The van der Waals surface area contributed by atoms with Gasteiger partial charge in [0.05, 0.1) is 12.1 Å². The Labute approximate surface area is 258 Å². The van der Waals surface area contributed by atoms with E-state index >= 15 is 0 Å². The molecule has 0 spiro atoms. The fourth-order valence-corrected chi connectivity index (χ4v) is 5.62. The number of amides is 1. The van der Waals surface area contributed by atoms with Crippen molar-refractivity contribution < 1.29 is 53.3 Å². The summed E-state index contributed by atoms with van der Waals surface area (Å²) in [6.07, 6.45) is -5.07. The molecular weight excluding hydrogens is 601 g/mol. The first-order valence-electron chi connectivity index (χ1n) is 14.1. The highest BCUT2D eigenvalue weighted by molar-refractivity contribution is 6.30. The molecular formula is C31H35ClFNO10. The van der Waals surface area contributed by atoms with Gasteiger partial charge in [0.25, 0.3) is 0 Å². The lowest BCUT2D eigenvalue weighted by atomic mass is 9.83. The Bertz CT molecular complexity index is 1410. The Kier molecular flexibility index (Phi) is 10.2. The molecule has 13 heteroatoms. The van der Waals surface area contributed by atoms with E-state index < -0.39 is 66.8 Å². The van der Waals surface area contributed by atoms with E-state index in [9.17, 15) is 29.6 Å². The van der Waals surface area contributed by atoms with Gasteiger partial charge in [-0.3, -0.25) is 4.79 Å². The van der Waals surface area contributed by atoms with E-state index in [1.807, 2.05) is 0 Å². The van der Waals surface area contributed by atoms with Crippen LogP contribution < -0.4 is 14.8 Å². The lowest BCUT2D eigenvalue weighted by molar-refractivity contribution is -0.155. The summed E-state index contributed by atoms with van der Waals surface area (Å²) < 4.78 is 42.7. The molecule has 0 unspecified atom stereocenters. The van der Waals surface area contributed by atoms with Crippen molar-refractivity contribution in [2.24, 2.45) is 0 Å². The molecule has 3 fully saturated rings. The number of ether oxygens (including phenoxy) is 5. The largest absolute Gasteiger partial charge is 0.489 e. The molecule has 0 aromatic heterocycles.